The van der Waals surface area contributed by atoms with Gasteiger partial charge in [-0.25, -0.2) is 0 Å². The normalized spacial score (nSPS) is 10.4. The quantitative estimate of drug-likeness (QED) is 0.697. The molecule has 1 aromatic carbocycles. The zero-order valence-electron chi connectivity index (χ0n) is 10.5. The van der Waals surface area contributed by atoms with E-state index >= 15 is 0 Å². The number of pyridine rings is 1. The Kier molecular flexibility index (Phi) is 4.77. The Morgan fingerprint density at radius 2 is 1.61 bits per heavy atom. The van der Waals surface area contributed by atoms with Gasteiger partial charge in [0, 0.05) is 11.9 Å². The van der Waals surface area contributed by atoms with E-state index < -0.39 is 0 Å². The number of aryl methyl sites for hydroxylation is 2. The van der Waals surface area contributed by atoms with E-state index in [-0.39, 0.29) is 5.75 Å². The average Bonchev–Trinajstić information content (AvgIpc) is 2.42. The SMILES string of the molecule is [O]c1ccccc1CCCCCc1ccccn1. The fraction of sp³-hybridized carbons (Fsp3) is 0.312. The molecule has 0 atom stereocenters. The van der Waals surface area contributed by atoms with Crippen LogP contribution in [0.2, 0.25) is 0 Å². The van der Waals surface area contributed by atoms with Crippen molar-refractivity contribution in [3.63, 3.8) is 0 Å². The molecule has 0 spiro atoms. The minimum atomic E-state index is 0.169. The van der Waals surface area contributed by atoms with Crippen LogP contribution >= 0.6 is 0 Å². The van der Waals surface area contributed by atoms with Crippen LogP contribution in [0, 0.1) is 0 Å². The third-order valence-corrected chi connectivity index (χ3v) is 3.08. The highest BCUT2D eigenvalue weighted by molar-refractivity contribution is 5.31. The van der Waals surface area contributed by atoms with E-state index in [1.807, 2.05) is 30.5 Å². The van der Waals surface area contributed by atoms with Crippen molar-refractivity contribution >= 4 is 0 Å². The van der Waals surface area contributed by atoms with Crippen LogP contribution < -0.4 is 0 Å². The van der Waals surface area contributed by atoms with Gasteiger partial charge >= 0.3 is 0 Å². The first-order chi connectivity index (χ1) is 8.86. The van der Waals surface area contributed by atoms with Crippen molar-refractivity contribution in [3.05, 3.63) is 59.9 Å². The van der Waals surface area contributed by atoms with Gasteiger partial charge in [-0.2, -0.15) is 0 Å². The summed E-state index contributed by atoms with van der Waals surface area (Å²) in [5.41, 5.74) is 2.09. The van der Waals surface area contributed by atoms with Gasteiger partial charge in [0.15, 0.2) is 5.75 Å². The Morgan fingerprint density at radius 3 is 2.39 bits per heavy atom. The van der Waals surface area contributed by atoms with Crippen molar-refractivity contribution in [2.75, 3.05) is 0 Å². The summed E-state index contributed by atoms with van der Waals surface area (Å²) in [6.07, 6.45) is 7.11. The lowest BCUT2D eigenvalue weighted by molar-refractivity contribution is 0.349. The van der Waals surface area contributed by atoms with Gasteiger partial charge in [-0.1, -0.05) is 30.7 Å². The van der Waals surface area contributed by atoms with Crippen LogP contribution in [-0.2, 0) is 17.9 Å². The largest absolute Gasteiger partial charge is 0.290 e. The van der Waals surface area contributed by atoms with Crippen LogP contribution in [0.4, 0.5) is 0 Å². The minimum absolute atomic E-state index is 0.169. The van der Waals surface area contributed by atoms with Crippen LogP contribution in [0.15, 0.2) is 48.7 Å². The Bertz CT molecular complexity index is 468. The van der Waals surface area contributed by atoms with E-state index in [1.165, 1.54) is 0 Å². The highest BCUT2D eigenvalue weighted by atomic mass is 16.3. The van der Waals surface area contributed by atoms with E-state index in [1.54, 1.807) is 12.1 Å². The lowest BCUT2D eigenvalue weighted by atomic mass is 10.0. The number of hydrogen-bond acceptors (Lipinski definition) is 1. The first-order valence-corrected chi connectivity index (χ1v) is 6.51. The zero-order chi connectivity index (χ0) is 12.6. The second kappa shape index (κ2) is 6.80. The number of aromatic nitrogens is 1. The summed E-state index contributed by atoms with van der Waals surface area (Å²) in [7, 11) is 0. The summed E-state index contributed by atoms with van der Waals surface area (Å²) in [6, 6.07) is 13.3. The third-order valence-electron chi connectivity index (χ3n) is 3.08. The van der Waals surface area contributed by atoms with E-state index in [4.69, 9.17) is 0 Å². The minimum Gasteiger partial charge on any atom is -0.290 e. The van der Waals surface area contributed by atoms with Gasteiger partial charge in [-0.15, -0.1) is 0 Å². The molecule has 18 heavy (non-hydrogen) atoms. The maximum Gasteiger partial charge on any atom is 0.181 e. The third kappa shape index (κ3) is 3.88. The first kappa shape index (κ1) is 12.6. The molecule has 1 aromatic heterocycles. The van der Waals surface area contributed by atoms with Crippen molar-refractivity contribution in [2.45, 2.75) is 32.1 Å². The van der Waals surface area contributed by atoms with Gasteiger partial charge in [0.05, 0.1) is 0 Å². The maximum atomic E-state index is 11.5. The fourth-order valence-corrected chi connectivity index (χ4v) is 2.05. The lowest BCUT2D eigenvalue weighted by Gasteiger charge is -2.03. The van der Waals surface area contributed by atoms with Gasteiger partial charge in [0.25, 0.3) is 0 Å². The smallest absolute Gasteiger partial charge is 0.181 e. The molecule has 0 saturated heterocycles. The van der Waals surface area contributed by atoms with Crippen molar-refractivity contribution < 1.29 is 5.11 Å². The molecule has 0 aliphatic rings. The molecule has 0 unspecified atom stereocenters. The molecule has 0 fully saturated rings. The summed E-state index contributed by atoms with van der Waals surface area (Å²) in [5, 5.41) is 11.5. The Hall–Kier alpha value is -1.83. The van der Waals surface area contributed by atoms with Crippen LogP contribution in [-0.4, -0.2) is 4.98 Å². The van der Waals surface area contributed by atoms with Crippen molar-refractivity contribution in [2.24, 2.45) is 0 Å². The predicted octanol–water partition coefficient (Wildman–Crippen LogP) is 4.18. The molecule has 93 valence electrons. The van der Waals surface area contributed by atoms with Gasteiger partial charge in [-0.3, -0.25) is 10.1 Å². The van der Waals surface area contributed by atoms with E-state index in [0.717, 1.165) is 43.4 Å². The Labute approximate surface area is 108 Å². The fourth-order valence-electron chi connectivity index (χ4n) is 2.05. The van der Waals surface area contributed by atoms with Crippen molar-refractivity contribution in [1.82, 2.24) is 4.98 Å². The number of para-hydroxylation sites is 1. The number of rotatable bonds is 6. The topological polar surface area (TPSA) is 32.8 Å². The van der Waals surface area contributed by atoms with Crippen LogP contribution in [0.5, 0.6) is 5.75 Å². The van der Waals surface area contributed by atoms with Crippen LogP contribution in [0.25, 0.3) is 0 Å². The molecule has 0 saturated carbocycles. The summed E-state index contributed by atoms with van der Waals surface area (Å²) >= 11 is 0. The molecule has 0 amide bonds. The van der Waals surface area contributed by atoms with Crippen LogP contribution in [0.3, 0.4) is 0 Å². The molecule has 2 heteroatoms. The molecule has 2 rings (SSSR count). The van der Waals surface area contributed by atoms with E-state index in [0.29, 0.717) is 0 Å². The first-order valence-electron chi connectivity index (χ1n) is 6.51. The van der Waals surface area contributed by atoms with Gasteiger partial charge < -0.3 is 0 Å². The van der Waals surface area contributed by atoms with Crippen molar-refractivity contribution in [1.29, 1.82) is 0 Å². The molecule has 2 nitrogen and oxygen atoms in total. The van der Waals surface area contributed by atoms with Gasteiger partial charge in [0.1, 0.15) is 0 Å². The zero-order valence-corrected chi connectivity index (χ0v) is 10.5. The monoisotopic (exact) mass is 240 g/mol. The maximum absolute atomic E-state index is 11.5. The number of nitrogens with zero attached hydrogens (tertiary/aromatic N) is 1. The van der Waals surface area contributed by atoms with E-state index in [2.05, 4.69) is 11.1 Å². The summed E-state index contributed by atoms with van der Waals surface area (Å²) in [4.78, 5) is 4.30. The van der Waals surface area contributed by atoms with Gasteiger partial charge in [-0.05, 0) is 49.4 Å². The summed E-state index contributed by atoms with van der Waals surface area (Å²) in [5.74, 6) is 0.169. The highest BCUT2D eigenvalue weighted by Crippen LogP contribution is 2.19. The summed E-state index contributed by atoms with van der Waals surface area (Å²) < 4.78 is 0. The molecule has 1 heterocycles. The summed E-state index contributed by atoms with van der Waals surface area (Å²) in [6.45, 7) is 0. The standard InChI is InChI=1S/C16H18NO/c18-16-12-5-4-9-14(16)8-2-1-3-10-15-11-6-7-13-17-15/h4-7,9,11-13H,1-3,8,10H2. The second-order valence-corrected chi connectivity index (χ2v) is 4.49. The molecular weight excluding hydrogens is 222 g/mol. The number of hydrogen-bond donors (Lipinski definition) is 0. The lowest BCUT2D eigenvalue weighted by Crippen LogP contribution is -1.91. The molecule has 0 bridgehead atoms. The second-order valence-electron chi connectivity index (χ2n) is 4.49. The Morgan fingerprint density at radius 1 is 0.833 bits per heavy atom. The number of unbranched alkanes of at least 4 members (excludes halogenated alkanes) is 2. The van der Waals surface area contributed by atoms with Gasteiger partial charge in [0.2, 0.25) is 0 Å². The molecular formula is C16H18NO. The Balaban J connectivity index is 1.66. The molecule has 1 radical (unpaired) electrons. The van der Waals surface area contributed by atoms with Crippen molar-refractivity contribution in [3.8, 4) is 5.75 Å². The average molecular weight is 240 g/mol. The van der Waals surface area contributed by atoms with E-state index in [9.17, 15) is 5.11 Å². The predicted molar refractivity (Wildman–Crippen MR) is 72.1 cm³/mol. The highest BCUT2D eigenvalue weighted by Gasteiger charge is 2.01. The molecule has 2 aromatic rings. The molecule has 0 N–H and O–H groups in total. The molecule has 0 aliphatic carbocycles. The molecule has 0 aliphatic heterocycles. The van der Waals surface area contributed by atoms with Crippen LogP contribution in [0.1, 0.15) is 30.5 Å². The number of benzene rings is 1.